The zero-order valence-electron chi connectivity index (χ0n) is 20.9. The third-order valence-electron chi connectivity index (χ3n) is 6.64. The number of halogens is 1. The number of rotatable bonds is 8. The highest BCUT2D eigenvalue weighted by atomic mass is 35.5. The molecule has 0 aliphatic carbocycles. The number of phenolic OH excluding ortho intramolecular Hbond substituents is 1. The Balaban J connectivity index is 0.00000304. The molecule has 36 heavy (non-hydrogen) atoms. The normalized spacial score (nSPS) is 14.1. The van der Waals surface area contributed by atoms with E-state index in [0.29, 0.717) is 12.5 Å². The number of likely N-dealkylation sites (tertiary alicyclic amines) is 1. The van der Waals surface area contributed by atoms with E-state index >= 15 is 0 Å². The zero-order valence-corrected chi connectivity index (χ0v) is 22.5. The lowest BCUT2D eigenvalue weighted by atomic mass is 10.0. The van der Waals surface area contributed by atoms with Crippen LogP contribution in [0.5, 0.6) is 23.0 Å². The third kappa shape index (κ3) is 6.15. The monoisotopic (exact) mass is 523 g/mol. The molecular formula is C30H34ClNO3S. The van der Waals surface area contributed by atoms with Crippen LogP contribution in [0.1, 0.15) is 44.6 Å². The summed E-state index contributed by atoms with van der Waals surface area (Å²) in [6.07, 6.45) is 3.95. The smallest absolute Gasteiger partial charge is 0.153 e. The summed E-state index contributed by atoms with van der Waals surface area (Å²) in [5.41, 5.74) is 2.42. The first kappa shape index (κ1) is 26.3. The molecule has 0 unspecified atom stereocenters. The second-order valence-electron chi connectivity index (χ2n) is 9.54. The SMILES string of the molecule is CC(C)c1ccc(-c2sc3cc(O)ccc3c2Oc2ccc(OCCN3CCCCC3)cc2)cc1.Cl. The van der Waals surface area contributed by atoms with E-state index in [-0.39, 0.29) is 18.2 Å². The Morgan fingerprint density at radius 2 is 1.58 bits per heavy atom. The number of fused-ring (bicyclic) bond motifs is 1. The van der Waals surface area contributed by atoms with Gasteiger partial charge >= 0.3 is 0 Å². The van der Waals surface area contributed by atoms with Crippen molar-refractivity contribution in [2.75, 3.05) is 26.2 Å². The molecule has 2 heterocycles. The third-order valence-corrected chi connectivity index (χ3v) is 7.82. The summed E-state index contributed by atoms with van der Waals surface area (Å²) in [5.74, 6) is 3.19. The summed E-state index contributed by atoms with van der Waals surface area (Å²) in [5, 5.41) is 11.0. The van der Waals surface area contributed by atoms with Gasteiger partial charge in [-0.25, -0.2) is 0 Å². The summed E-state index contributed by atoms with van der Waals surface area (Å²) in [4.78, 5) is 3.54. The summed E-state index contributed by atoms with van der Waals surface area (Å²) in [6, 6.07) is 22.0. The fourth-order valence-corrected chi connectivity index (χ4v) is 5.74. The molecule has 1 saturated heterocycles. The minimum Gasteiger partial charge on any atom is -0.508 e. The van der Waals surface area contributed by atoms with E-state index in [1.54, 1.807) is 23.5 Å². The van der Waals surface area contributed by atoms with Gasteiger partial charge in [0.2, 0.25) is 0 Å². The first-order valence-electron chi connectivity index (χ1n) is 12.6. The molecule has 6 heteroatoms. The number of benzene rings is 3. The average molecular weight is 524 g/mol. The molecule has 0 amide bonds. The van der Waals surface area contributed by atoms with Crippen LogP contribution in [0.4, 0.5) is 0 Å². The molecule has 4 nitrogen and oxygen atoms in total. The Morgan fingerprint density at radius 3 is 2.28 bits per heavy atom. The molecule has 1 aliphatic rings. The van der Waals surface area contributed by atoms with E-state index in [4.69, 9.17) is 9.47 Å². The lowest BCUT2D eigenvalue weighted by Gasteiger charge is -2.26. The second-order valence-corrected chi connectivity index (χ2v) is 10.6. The van der Waals surface area contributed by atoms with Crippen molar-refractivity contribution in [1.29, 1.82) is 0 Å². The average Bonchev–Trinajstić information content (AvgIpc) is 3.23. The molecule has 3 aromatic carbocycles. The number of thiophene rings is 1. The van der Waals surface area contributed by atoms with Crippen LogP contribution in [-0.4, -0.2) is 36.2 Å². The molecule has 5 rings (SSSR count). The molecule has 1 fully saturated rings. The minimum absolute atomic E-state index is 0. The van der Waals surface area contributed by atoms with Gasteiger partial charge < -0.3 is 14.6 Å². The molecule has 1 aliphatic heterocycles. The van der Waals surface area contributed by atoms with Gasteiger partial charge in [-0.15, -0.1) is 23.7 Å². The van der Waals surface area contributed by atoms with Crippen molar-refractivity contribution in [3.63, 3.8) is 0 Å². The Bertz CT molecular complexity index is 1260. The fraction of sp³-hybridized carbons (Fsp3) is 0.333. The van der Waals surface area contributed by atoms with Gasteiger partial charge in [-0.2, -0.15) is 0 Å². The maximum Gasteiger partial charge on any atom is 0.153 e. The summed E-state index contributed by atoms with van der Waals surface area (Å²) < 4.78 is 13.4. The van der Waals surface area contributed by atoms with Crippen LogP contribution in [0.3, 0.4) is 0 Å². The standard InChI is InChI=1S/C30H33NO3S.ClH/c1-21(2)22-6-8-23(9-7-22)30-29(27-15-10-24(32)20-28(27)35-30)34-26-13-11-25(12-14-26)33-19-18-31-16-4-3-5-17-31;/h6-15,20-21,32H,3-5,16-19H2,1-2H3;1H. The first-order valence-corrected chi connectivity index (χ1v) is 13.4. The summed E-state index contributed by atoms with van der Waals surface area (Å²) in [6.45, 7) is 8.45. The van der Waals surface area contributed by atoms with Crippen LogP contribution in [0.2, 0.25) is 0 Å². The number of phenols is 1. The Morgan fingerprint density at radius 1 is 0.889 bits per heavy atom. The number of piperidine rings is 1. The van der Waals surface area contributed by atoms with Crippen molar-refractivity contribution in [3.8, 4) is 33.4 Å². The van der Waals surface area contributed by atoms with Gasteiger partial charge in [0.25, 0.3) is 0 Å². The molecule has 1 N–H and O–H groups in total. The number of hydrogen-bond donors (Lipinski definition) is 1. The number of aromatic hydroxyl groups is 1. The minimum atomic E-state index is 0. The Kier molecular flexibility index (Phi) is 8.78. The molecule has 190 valence electrons. The maximum absolute atomic E-state index is 10.0. The summed E-state index contributed by atoms with van der Waals surface area (Å²) >= 11 is 1.64. The van der Waals surface area contributed by atoms with E-state index in [0.717, 1.165) is 44.3 Å². The molecule has 4 aromatic rings. The van der Waals surface area contributed by atoms with Gasteiger partial charge in [0.1, 0.15) is 23.9 Å². The highest BCUT2D eigenvalue weighted by molar-refractivity contribution is 7.22. The lowest BCUT2D eigenvalue weighted by Crippen LogP contribution is -2.33. The van der Waals surface area contributed by atoms with Crippen LogP contribution in [0, 0.1) is 0 Å². The highest BCUT2D eigenvalue weighted by Crippen LogP contribution is 2.47. The number of hydrogen-bond acceptors (Lipinski definition) is 5. The van der Waals surface area contributed by atoms with E-state index in [2.05, 4.69) is 43.0 Å². The van der Waals surface area contributed by atoms with Crippen molar-refractivity contribution in [3.05, 3.63) is 72.3 Å². The Labute approximate surface area is 223 Å². The topological polar surface area (TPSA) is 41.9 Å². The van der Waals surface area contributed by atoms with Gasteiger partial charge in [0.05, 0.1) is 4.88 Å². The molecule has 0 atom stereocenters. The number of nitrogens with zero attached hydrogens (tertiary/aromatic N) is 1. The van der Waals surface area contributed by atoms with Gasteiger partial charge in [-0.1, -0.05) is 44.5 Å². The highest BCUT2D eigenvalue weighted by Gasteiger charge is 2.17. The fourth-order valence-electron chi connectivity index (χ4n) is 4.57. The molecule has 0 radical (unpaired) electrons. The van der Waals surface area contributed by atoms with Gasteiger partial charge in [-0.3, -0.25) is 4.90 Å². The first-order chi connectivity index (χ1) is 17.1. The second kappa shape index (κ2) is 12.0. The van der Waals surface area contributed by atoms with Gasteiger partial charge in [0.15, 0.2) is 5.75 Å². The van der Waals surface area contributed by atoms with Crippen LogP contribution >= 0.6 is 23.7 Å². The largest absolute Gasteiger partial charge is 0.508 e. The van der Waals surface area contributed by atoms with E-state index in [1.165, 1.54) is 37.9 Å². The van der Waals surface area contributed by atoms with Gasteiger partial charge in [-0.05, 0) is 85.4 Å². The molecule has 0 saturated carbocycles. The summed E-state index contributed by atoms with van der Waals surface area (Å²) in [7, 11) is 0. The van der Waals surface area contributed by atoms with Gasteiger partial charge in [0, 0.05) is 16.6 Å². The van der Waals surface area contributed by atoms with E-state index in [1.807, 2.05) is 30.3 Å². The van der Waals surface area contributed by atoms with Crippen LogP contribution < -0.4 is 9.47 Å². The zero-order chi connectivity index (χ0) is 24.2. The predicted octanol–water partition coefficient (Wildman–Crippen LogP) is 8.48. The predicted molar refractivity (Wildman–Crippen MR) is 153 cm³/mol. The molecule has 0 bridgehead atoms. The van der Waals surface area contributed by atoms with Crippen LogP contribution in [0.15, 0.2) is 66.7 Å². The van der Waals surface area contributed by atoms with E-state index < -0.39 is 0 Å². The van der Waals surface area contributed by atoms with Crippen LogP contribution in [0.25, 0.3) is 20.5 Å². The number of ether oxygens (including phenoxy) is 2. The maximum atomic E-state index is 10.0. The van der Waals surface area contributed by atoms with Crippen molar-refractivity contribution in [2.24, 2.45) is 0 Å². The molecular weight excluding hydrogens is 490 g/mol. The van der Waals surface area contributed by atoms with Crippen LogP contribution in [-0.2, 0) is 0 Å². The molecule has 0 spiro atoms. The van der Waals surface area contributed by atoms with Crippen molar-refractivity contribution < 1.29 is 14.6 Å². The molecule has 1 aromatic heterocycles. The van der Waals surface area contributed by atoms with E-state index in [9.17, 15) is 5.11 Å². The lowest BCUT2D eigenvalue weighted by molar-refractivity contribution is 0.183. The van der Waals surface area contributed by atoms with Crippen molar-refractivity contribution >= 4 is 33.8 Å². The Hall–Kier alpha value is -2.73. The van der Waals surface area contributed by atoms with Crippen molar-refractivity contribution in [2.45, 2.75) is 39.0 Å². The van der Waals surface area contributed by atoms with Crippen molar-refractivity contribution in [1.82, 2.24) is 4.90 Å². The quantitative estimate of drug-likeness (QED) is 0.251.